The first-order valence-electron chi connectivity index (χ1n) is 14.3. The lowest BCUT2D eigenvalue weighted by atomic mass is 10.0. The van der Waals surface area contributed by atoms with Crippen LogP contribution in [0.2, 0.25) is 0 Å². The Morgan fingerprint density at radius 2 is 1.43 bits per heavy atom. The van der Waals surface area contributed by atoms with Crippen molar-refractivity contribution in [3.8, 4) is 5.75 Å². The number of benzene rings is 2. The molecule has 208 valence electrons. The van der Waals surface area contributed by atoms with E-state index in [1.54, 1.807) is 0 Å². The van der Waals surface area contributed by atoms with Crippen molar-refractivity contribution in [2.75, 3.05) is 12.3 Å². The number of fused-ring (bicyclic) bond motifs is 1. The van der Waals surface area contributed by atoms with Gasteiger partial charge in [0.25, 0.3) is 10.1 Å². The highest BCUT2D eigenvalue weighted by Crippen LogP contribution is 2.28. The molecule has 0 aliphatic carbocycles. The molecule has 0 aliphatic heterocycles. The van der Waals surface area contributed by atoms with Crippen molar-refractivity contribution in [1.82, 2.24) is 5.32 Å². The second-order valence-electron chi connectivity index (χ2n) is 10.1. The van der Waals surface area contributed by atoms with E-state index in [0.29, 0.717) is 6.42 Å². The molecule has 0 saturated carbocycles. The van der Waals surface area contributed by atoms with Gasteiger partial charge < -0.3 is 10.1 Å². The van der Waals surface area contributed by atoms with E-state index in [0.717, 1.165) is 57.1 Å². The normalized spacial score (nSPS) is 12.5. The molecule has 0 aliphatic rings. The SMILES string of the molecule is CCCCCCCCC(CCCCCCCCC(=O)NCCS(=O)(=O)O)Oc1cccc2ccccc12. The predicted octanol–water partition coefficient (Wildman–Crippen LogP) is 7.46. The lowest BCUT2D eigenvalue weighted by Gasteiger charge is -2.20. The standard InChI is InChI=1S/C30H47NO5S/c1-2-3-4-5-8-11-19-27(36-29-22-16-18-26-17-14-15-21-28(26)29)20-12-9-6-7-10-13-23-30(32)31-24-25-37(33,34)35/h14-18,21-22,27H,2-13,19-20,23-25H2,1H3,(H,31,32)(H,33,34,35). The summed E-state index contributed by atoms with van der Waals surface area (Å²) in [4.78, 5) is 11.7. The molecule has 37 heavy (non-hydrogen) atoms. The third-order valence-corrected chi connectivity index (χ3v) is 7.51. The summed E-state index contributed by atoms with van der Waals surface area (Å²) in [5, 5.41) is 4.93. The molecule has 1 amide bonds. The third kappa shape index (κ3) is 14.4. The van der Waals surface area contributed by atoms with E-state index in [-0.39, 0.29) is 18.6 Å². The molecule has 0 heterocycles. The molecule has 2 aromatic rings. The van der Waals surface area contributed by atoms with E-state index in [9.17, 15) is 13.2 Å². The quantitative estimate of drug-likeness (QED) is 0.128. The smallest absolute Gasteiger partial charge is 0.266 e. The molecular weight excluding hydrogens is 486 g/mol. The van der Waals surface area contributed by atoms with Gasteiger partial charge >= 0.3 is 0 Å². The van der Waals surface area contributed by atoms with Crippen LogP contribution >= 0.6 is 0 Å². The van der Waals surface area contributed by atoms with Crippen LogP contribution < -0.4 is 10.1 Å². The maximum absolute atomic E-state index is 11.7. The minimum atomic E-state index is -4.03. The highest BCUT2D eigenvalue weighted by atomic mass is 32.2. The average Bonchev–Trinajstić information content (AvgIpc) is 2.86. The van der Waals surface area contributed by atoms with Gasteiger partial charge in [0.15, 0.2) is 0 Å². The second kappa shape index (κ2) is 18.2. The topological polar surface area (TPSA) is 92.7 Å². The van der Waals surface area contributed by atoms with Crippen molar-refractivity contribution >= 4 is 26.8 Å². The molecule has 2 rings (SSSR count). The van der Waals surface area contributed by atoms with E-state index >= 15 is 0 Å². The molecule has 2 aromatic carbocycles. The summed E-state index contributed by atoms with van der Waals surface area (Å²) in [5.74, 6) is 0.388. The zero-order valence-corrected chi connectivity index (χ0v) is 23.4. The Balaban J connectivity index is 1.68. The van der Waals surface area contributed by atoms with Crippen molar-refractivity contribution < 1.29 is 22.5 Å². The zero-order chi connectivity index (χ0) is 26.8. The summed E-state index contributed by atoms with van der Waals surface area (Å²) in [6.07, 6.45) is 16.8. The summed E-state index contributed by atoms with van der Waals surface area (Å²) in [7, 11) is -4.03. The number of carbonyl (C=O) groups excluding carboxylic acids is 1. The van der Waals surface area contributed by atoms with Gasteiger partial charge in [0.2, 0.25) is 5.91 Å². The molecule has 2 N–H and O–H groups in total. The van der Waals surface area contributed by atoms with Gasteiger partial charge in [-0.3, -0.25) is 9.35 Å². The molecule has 0 saturated heterocycles. The van der Waals surface area contributed by atoms with Crippen LogP contribution in [0.25, 0.3) is 10.8 Å². The molecule has 1 unspecified atom stereocenters. The number of carbonyl (C=O) groups is 1. The number of nitrogens with one attached hydrogen (secondary N) is 1. The van der Waals surface area contributed by atoms with Gasteiger partial charge in [-0.25, -0.2) is 0 Å². The largest absolute Gasteiger partial charge is 0.490 e. The molecular formula is C30H47NO5S. The zero-order valence-electron chi connectivity index (χ0n) is 22.6. The van der Waals surface area contributed by atoms with Gasteiger partial charge in [-0.05, 0) is 43.6 Å². The Labute approximate surface area is 224 Å². The van der Waals surface area contributed by atoms with Crippen LogP contribution in [0.1, 0.15) is 103 Å². The fraction of sp³-hybridized carbons (Fsp3) is 0.633. The maximum atomic E-state index is 11.7. The predicted molar refractivity (Wildman–Crippen MR) is 153 cm³/mol. The molecule has 0 fully saturated rings. The number of ether oxygens (including phenoxy) is 1. The van der Waals surface area contributed by atoms with Crippen molar-refractivity contribution in [2.45, 2.75) is 109 Å². The Morgan fingerprint density at radius 1 is 0.838 bits per heavy atom. The third-order valence-electron chi connectivity index (χ3n) is 6.79. The number of unbranched alkanes of at least 4 members (excludes halogenated alkanes) is 10. The van der Waals surface area contributed by atoms with E-state index in [1.807, 2.05) is 0 Å². The number of hydrogen-bond acceptors (Lipinski definition) is 4. The van der Waals surface area contributed by atoms with Crippen molar-refractivity contribution in [3.63, 3.8) is 0 Å². The van der Waals surface area contributed by atoms with E-state index in [1.165, 1.54) is 49.3 Å². The molecule has 1 atom stereocenters. The van der Waals surface area contributed by atoms with Gasteiger partial charge in [-0.2, -0.15) is 8.42 Å². The molecule has 0 bridgehead atoms. The first-order valence-corrected chi connectivity index (χ1v) is 15.9. The lowest BCUT2D eigenvalue weighted by Crippen LogP contribution is -2.28. The van der Waals surface area contributed by atoms with Crippen LogP contribution in [0.3, 0.4) is 0 Å². The van der Waals surface area contributed by atoms with Gasteiger partial charge in [-0.15, -0.1) is 0 Å². The van der Waals surface area contributed by atoms with Crippen LogP contribution in [-0.2, 0) is 14.9 Å². The minimum Gasteiger partial charge on any atom is -0.490 e. The van der Waals surface area contributed by atoms with Gasteiger partial charge in [-0.1, -0.05) is 101 Å². The number of rotatable bonds is 21. The summed E-state index contributed by atoms with van der Waals surface area (Å²) in [5.41, 5.74) is 0. The van der Waals surface area contributed by atoms with Crippen LogP contribution in [0.4, 0.5) is 0 Å². The Bertz CT molecular complexity index is 1000. The monoisotopic (exact) mass is 533 g/mol. The van der Waals surface area contributed by atoms with E-state index in [4.69, 9.17) is 9.29 Å². The van der Waals surface area contributed by atoms with Gasteiger partial charge in [0, 0.05) is 18.4 Å². The molecule has 7 heteroatoms. The molecule has 0 spiro atoms. The molecule has 6 nitrogen and oxygen atoms in total. The Morgan fingerprint density at radius 3 is 2.11 bits per heavy atom. The van der Waals surface area contributed by atoms with Gasteiger partial charge in [0.1, 0.15) is 5.75 Å². The van der Waals surface area contributed by atoms with Gasteiger partial charge in [0.05, 0.1) is 11.9 Å². The van der Waals surface area contributed by atoms with E-state index < -0.39 is 15.9 Å². The van der Waals surface area contributed by atoms with Crippen LogP contribution in [-0.4, -0.2) is 37.3 Å². The van der Waals surface area contributed by atoms with E-state index in [2.05, 4.69) is 54.7 Å². The highest BCUT2D eigenvalue weighted by molar-refractivity contribution is 7.85. The molecule has 0 aromatic heterocycles. The fourth-order valence-corrected chi connectivity index (χ4v) is 5.03. The van der Waals surface area contributed by atoms with Crippen molar-refractivity contribution in [2.24, 2.45) is 0 Å². The minimum absolute atomic E-state index is 0.0432. The fourth-order valence-electron chi connectivity index (χ4n) is 4.67. The highest BCUT2D eigenvalue weighted by Gasteiger charge is 2.13. The van der Waals surface area contributed by atoms with Crippen LogP contribution in [0.15, 0.2) is 42.5 Å². The summed E-state index contributed by atoms with van der Waals surface area (Å²) >= 11 is 0. The molecule has 0 radical (unpaired) electrons. The Hall–Kier alpha value is -2.12. The summed E-state index contributed by atoms with van der Waals surface area (Å²) in [6.45, 7) is 2.21. The first kappa shape index (κ1) is 31.1. The number of hydrogen-bond donors (Lipinski definition) is 2. The number of amides is 1. The average molecular weight is 534 g/mol. The summed E-state index contributed by atoms with van der Waals surface area (Å²) in [6, 6.07) is 14.7. The summed E-state index contributed by atoms with van der Waals surface area (Å²) < 4.78 is 36.6. The first-order chi connectivity index (χ1) is 17.9. The lowest BCUT2D eigenvalue weighted by molar-refractivity contribution is -0.121. The second-order valence-corrected chi connectivity index (χ2v) is 11.6. The van der Waals surface area contributed by atoms with Crippen LogP contribution in [0.5, 0.6) is 5.75 Å². The maximum Gasteiger partial charge on any atom is 0.266 e. The van der Waals surface area contributed by atoms with Crippen molar-refractivity contribution in [3.05, 3.63) is 42.5 Å². The van der Waals surface area contributed by atoms with Crippen molar-refractivity contribution in [1.29, 1.82) is 0 Å². The Kier molecular flexibility index (Phi) is 15.3. The van der Waals surface area contributed by atoms with Crippen LogP contribution in [0, 0.1) is 0 Å².